The van der Waals surface area contributed by atoms with Crippen LogP contribution in [0.5, 0.6) is 5.75 Å². The molecule has 0 aromatic heterocycles. The summed E-state index contributed by atoms with van der Waals surface area (Å²) < 4.78 is 5.63. The van der Waals surface area contributed by atoms with E-state index >= 15 is 0 Å². The maximum atomic E-state index is 5.75. The fourth-order valence-electron chi connectivity index (χ4n) is 1.73. The molecular weight excluding hydrogens is 250 g/mol. The van der Waals surface area contributed by atoms with Gasteiger partial charge in [0.05, 0.1) is 6.61 Å². The molecular formula is C16H27N3O. The van der Waals surface area contributed by atoms with Crippen molar-refractivity contribution in [3.05, 3.63) is 29.8 Å². The van der Waals surface area contributed by atoms with Gasteiger partial charge in [-0.25, -0.2) is 0 Å². The van der Waals surface area contributed by atoms with Crippen LogP contribution in [-0.2, 0) is 6.42 Å². The van der Waals surface area contributed by atoms with Gasteiger partial charge in [-0.15, -0.1) is 0 Å². The number of hydrogen-bond acceptors (Lipinski definition) is 2. The summed E-state index contributed by atoms with van der Waals surface area (Å²) in [6.45, 7) is 7.73. The lowest BCUT2D eigenvalue weighted by molar-refractivity contribution is 0.309. The smallest absolute Gasteiger partial charge is 0.188 e. The van der Waals surface area contributed by atoms with E-state index in [1.807, 2.05) is 26.0 Å². The standard InChI is InChI=1S/C16H27N3O/c1-4-5-12-20-15-8-6-14(7-9-15)10-11-18-16(17)19-13(2)3/h6-9,13H,4-5,10-12H2,1-3H3,(H3,17,18,19). The van der Waals surface area contributed by atoms with Crippen LogP contribution in [0.2, 0.25) is 0 Å². The van der Waals surface area contributed by atoms with E-state index in [-0.39, 0.29) is 0 Å². The topological polar surface area (TPSA) is 59.6 Å². The van der Waals surface area contributed by atoms with Crippen molar-refractivity contribution in [1.82, 2.24) is 5.32 Å². The number of guanidine groups is 1. The average molecular weight is 277 g/mol. The molecule has 0 saturated carbocycles. The first kappa shape index (κ1) is 16.3. The molecule has 0 atom stereocenters. The van der Waals surface area contributed by atoms with Crippen molar-refractivity contribution in [2.75, 3.05) is 13.2 Å². The lowest BCUT2D eigenvalue weighted by Crippen LogP contribution is -2.36. The summed E-state index contributed by atoms with van der Waals surface area (Å²) in [7, 11) is 0. The SMILES string of the molecule is CCCCOc1ccc(CCN=C(N)NC(C)C)cc1. The molecule has 1 rings (SSSR count). The Morgan fingerprint density at radius 1 is 1.30 bits per heavy atom. The molecule has 20 heavy (non-hydrogen) atoms. The predicted octanol–water partition coefficient (Wildman–Crippen LogP) is 2.72. The zero-order chi connectivity index (χ0) is 14.8. The van der Waals surface area contributed by atoms with E-state index in [4.69, 9.17) is 10.5 Å². The van der Waals surface area contributed by atoms with Crippen molar-refractivity contribution in [3.8, 4) is 5.75 Å². The predicted molar refractivity (Wildman–Crippen MR) is 85.3 cm³/mol. The van der Waals surface area contributed by atoms with Gasteiger partial charge in [-0.2, -0.15) is 0 Å². The van der Waals surface area contributed by atoms with Crippen LogP contribution in [0, 0.1) is 0 Å². The molecule has 0 heterocycles. The quantitative estimate of drug-likeness (QED) is 0.436. The van der Waals surface area contributed by atoms with Crippen LogP contribution in [0.15, 0.2) is 29.3 Å². The third-order valence-electron chi connectivity index (χ3n) is 2.81. The molecule has 0 radical (unpaired) electrons. The summed E-state index contributed by atoms with van der Waals surface area (Å²) in [6.07, 6.45) is 3.14. The first-order chi connectivity index (χ1) is 9.61. The minimum atomic E-state index is 0.318. The number of nitrogens with one attached hydrogen (secondary N) is 1. The molecule has 1 aromatic carbocycles. The van der Waals surface area contributed by atoms with Crippen LogP contribution in [0.1, 0.15) is 39.2 Å². The molecule has 0 unspecified atom stereocenters. The van der Waals surface area contributed by atoms with E-state index in [0.29, 0.717) is 18.5 Å². The Hall–Kier alpha value is -1.71. The molecule has 0 spiro atoms. The number of benzene rings is 1. The summed E-state index contributed by atoms with van der Waals surface area (Å²) in [4.78, 5) is 4.29. The zero-order valence-corrected chi connectivity index (χ0v) is 12.9. The second-order valence-electron chi connectivity index (χ2n) is 5.16. The van der Waals surface area contributed by atoms with Crippen molar-refractivity contribution in [3.63, 3.8) is 0 Å². The van der Waals surface area contributed by atoms with Crippen molar-refractivity contribution in [2.45, 2.75) is 46.1 Å². The number of ether oxygens (including phenoxy) is 1. The Morgan fingerprint density at radius 3 is 2.60 bits per heavy atom. The van der Waals surface area contributed by atoms with Crippen LogP contribution < -0.4 is 15.8 Å². The van der Waals surface area contributed by atoms with E-state index in [1.54, 1.807) is 0 Å². The molecule has 0 aliphatic heterocycles. The molecule has 0 amide bonds. The van der Waals surface area contributed by atoms with E-state index in [2.05, 4.69) is 29.4 Å². The first-order valence-corrected chi connectivity index (χ1v) is 7.40. The summed E-state index contributed by atoms with van der Waals surface area (Å²) in [5.74, 6) is 1.45. The van der Waals surface area contributed by atoms with Crippen LogP contribution in [0.3, 0.4) is 0 Å². The van der Waals surface area contributed by atoms with Gasteiger partial charge in [0.1, 0.15) is 5.75 Å². The highest BCUT2D eigenvalue weighted by molar-refractivity contribution is 5.78. The average Bonchev–Trinajstić information content (AvgIpc) is 2.40. The lowest BCUT2D eigenvalue weighted by atomic mass is 10.1. The van der Waals surface area contributed by atoms with Crippen molar-refractivity contribution < 1.29 is 4.74 Å². The minimum absolute atomic E-state index is 0.318. The molecule has 0 bridgehead atoms. The highest BCUT2D eigenvalue weighted by Crippen LogP contribution is 2.13. The van der Waals surface area contributed by atoms with Gasteiger partial charge in [-0.3, -0.25) is 4.99 Å². The molecule has 4 nitrogen and oxygen atoms in total. The summed E-state index contributed by atoms with van der Waals surface area (Å²) in [5.41, 5.74) is 6.99. The number of aliphatic imine (C=N–C) groups is 1. The zero-order valence-electron chi connectivity index (χ0n) is 12.9. The Bertz CT molecular complexity index is 399. The fourth-order valence-corrected chi connectivity index (χ4v) is 1.73. The van der Waals surface area contributed by atoms with E-state index in [0.717, 1.165) is 31.6 Å². The molecule has 3 N–H and O–H groups in total. The Kier molecular flexibility index (Phi) is 7.55. The first-order valence-electron chi connectivity index (χ1n) is 7.40. The summed E-state index contributed by atoms with van der Waals surface area (Å²) >= 11 is 0. The van der Waals surface area contributed by atoms with Gasteiger partial charge in [0, 0.05) is 12.6 Å². The van der Waals surface area contributed by atoms with Crippen molar-refractivity contribution in [2.24, 2.45) is 10.7 Å². The van der Waals surface area contributed by atoms with Crippen LogP contribution in [0.4, 0.5) is 0 Å². The largest absolute Gasteiger partial charge is 0.494 e. The lowest BCUT2D eigenvalue weighted by Gasteiger charge is -2.08. The van der Waals surface area contributed by atoms with Crippen LogP contribution in [0.25, 0.3) is 0 Å². The van der Waals surface area contributed by atoms with Gasteiger partial charge in [0.2, 0.25) is 0 Å². The van der Waals surface area contributed by atoms with Crippen molar-refractivity contribution in [1.29, 1.82) is 0 Å². The second-order valence-corrected chi connectivity index (χ2v) is 5.16. The Balaban J connectivity index is 2.34. The van der Waals surface area contributed by atoms with Gasteiger partial charge in [-0.05, 0) is 44.4 Å². The fraction of sp³-hybridized carbons (Fsp3) is 0.562. The number of hydrogen-bond donors (Lipinski definition) is 2. The van der Waals surface area contributed by atoms with E-state index in [9.17, 15) is 0 Å². The molecule has 0 aliphatic rings. The molecule has 112 valence electrons. The molecule has 0 aliphatic carbocycles. The summed E-state index contributed by atoms with van der Waals surface area (Å²) in [5, 5.41) is 3.07. The van der Waals surface area contributed by atoms with Gasteiger partial charge in [0.15, 0.2) is 5.96 Å². The maximum Gasteiger partial charge on any atom is 0.188 e. The number of nitrogens with zero attached hydrogens (tertiary/aromatic N) is 1. The number of rotatable bonds is 8. The van der Waals surface area contributed by atoms with E-state index < -0.39 is 0 Å². The van der Waals surface area contributed by atoms with E-state index in [1.165, 1.54) is 5.56 Å². The molecule has 0 fully saturated rings. The van der Waals surface area contributed by atoms with Crippen LogP contribution in [-0.4, -0.2) is 25.2 Å². The van der Waals surface area contributed by atoms with Crippen LogP contribution >= 0.6 is 0 Å². The Labute approximate surface area is 122 Å². The third kappa shape index (κ3) is 7.02. The Morgan fingerprint density at radius 2 is 2.00 bits per heavy atom. The highest BCUT2D eigenvalue weighted by atomic mass is 16.5. The van der Waals surface area contributed by atoms with Gasteiger partial charge in [-0.1, -0.05) is 25.5 Å². The van der Waals surface area contributed by atoms with Gasteiger partial charge < -0.3 is 15.8 Å². The van der Waals surface area contributed by atoms with Crippen molar-refractivity contribution >= 4 is 5.96 Å². The normalized spacial score (nSPS) is 11.7. The maximum absolute atomic E-state index is 5.75. The number of unbranched alkanes of at least 4 members (excludes halogenated alkanes) is 1. The molecule has 1 aromatic rings. The van der Waals surface area contributed by atoms with Gasteiger partial charge in [0.25, 0.3) is 0 Å². The number of nitrogens with two attached hydrogens (primary N) is 1. The molecule has 4 heteroatoms. The molecule has 0 saturated heterocycles. The highest BCUT2D eigenvalue weighted by Gasteiger charge is 1.97. The van der Waals surface area contributed by atoms with Gasteiger partial charge >= 0.3 is 0 Å². The second kappa shape index (κ2) is 9.23. The minimum Gasteiger partial charge on any atom is -0.494 e. The third-order valence-corrected chi connectivity index (χ3v) is 2.81. The summed E-state index contributed by atoms with van der Waals surface area (Å²) in [6, 6.07) is 8.53. The monoisotopic (exact) mass is 277 g/mol.